The fourth-order valence-corrected chi connectivity index (χ4v) is 4.25. The topological polar surface area (TPSA) is 45.5 Å². The summed E-state index contributed by atoms with van der Waals surface area (Å²) in [7, 11) is 0. The molecule has 1 aliphatic carbocycles. The number of hydrogen-bond acceptors (Lipinski definition) is 3. The Hall–Kier alpha value is -2.59. The molecule has 0 bridgehead atoms. The van der Waals surface area contributed by atoms with Crippen molar-refractivity contribution in [2.45, 2.75) is 38.1 Å². The minimum atomic E-state index is -0.0808. The van der Waals surface area contributed by atoms with Crippen LogP contribution in [0.1, 0.15) is 40.7 Å². The highest BCUT2D eigenvalue weighted by atomic mass is 16.3. The summed E-state index contributed by atoms with van der Waals surface area (Å²) in [5.41, 5.74) is 5.13. The van der Waals surface area contributed by atoms with Gasteiger partial charge in [0.05, 0.1) is 6.26 Å². The average molecular weight is 360 g/mol. The van der Waals surface area contributed by atoms with Crippen LogP contribution >= 0.6 is 0 Å². The number of hydrogen-bond donors (Lipinski definition) is 1. The first-order valence-corrected chi connectivity index (χ1v) is 9.91. The number of amides is 1. The van der Waals surface area contributed by atoms with E-state index in [1.54, 1.807) is 12.3 Å². The zero-order valence-corrected chi connectivity index (χ0v) is 15.4. The lowest BCUT2D eigenvalue weighted by Gasteiger charge is -2.36. The highest BCUT2D eigenvalue weighted by molar-refractivity contribution is 6.06. The number of nitrogens with one attached hydrogen (secondary N) is 1. The zero-order chi connectivity index (χ0) is 18.2. The molecule has 0 spiro atoms. The van der Waals surface area contributed by atoms with Crippen LogP contribution in [0.2, 0.25) is 0 Å². The van der Waals surface area contributed by atoms with Gasteiger partial charge in [-0.3, -0.25) is 9.69 Å². The van der Waals surface area contributed by atoms with Crippen molar-refractivity contribution >= 4 is 22.6 Å². The van der Waals surface area contributed by atoms with E-state index < -0.39 is 0 Å². The second kappa shape index (κ2) is 6.86. The second-order valence-corrected chi connectivity index (χ2v) is 7.73. The van der Waals surface area contributed by atoms with Crippen LogP contribution in [0.5, 0.6) is 0 Å². The number of anilines is 1. The maximum absolute atomic E-state index is 12.7. The van der Waals surface area contributed by atoms with Crippen molar-refractivity contribution < 1.29 is 9.21 Å². The van der Waals surface area contributed by atoms with Crippen LogP contribution in [0.3, 0.4) is 0 Å². The van der Waals surface area contributed by atoms with Gasteiger partial charge >= 0.3 is 0 Å². The predicted octanol–water partition coefficient (Wildman–Crippen LogP) is 4.64. The van der Waals surface area contributed by atoms with Crippen molar-refractivity contribution in [3.05, 3.63) is 65.4 Å². The minimum absolute atomic E-state index is 0.0808. The zero-order valence-electron chi connectivity index (χ0n) is 15.4. The van der Waals surface area contributed by atoms with E-state index in [9.17, 15) is 4.79 Å². The lowest BCUT2D eigenvalue weighted by Crippen LogP contribution is -2.41. The van der Waals surface area contributed by atoms with E-state index in [1.807, 2.05) is 24.3 Å². The van der Waals surface area contributed by atoms with Crippen LogP contribution in [0.25, 0.3) is 11.0 Å². The van der Waals surface area contributed by atoms with Gasteiger partial charge in [0.15, 0.2) is 0 Å². The van der Waals surface area contributed by atoms with Gasteiger partial charge in [0.2, 0.25) is 0 Å². The maximum atomic E-state index is 12.7. The van der Waals surface area contributed by atoms with E-state index in [0.29, 0.717) is 5.56 Å². The van der Waals surface area contributed by atoms with Gasteiger partial charge in [0.25, 0.3) is 5.91 Å². The maximum Gasteiger partial charge on any atom is 0.255 e. The Morgan fingerprint density at radius 1 is 1.00 bits per heavy atom. The summed E-state index contributed by atoms with van der Waals surface area (Å²) >= 11 is 0. The van der Waals surface area contributed by atoms with Gasteiger partial charge in [-0.1, -0.05) is 12.5 Å². The molecule has 0 unspecified atom stereocenters. The third kappa shape index (κ3) is 3.26. The molecule has 3 aromatic rings. The summed E-state index contributed by atoms with van der Waals surface area (Å²) in [6.45, 7) is 2.29. The highest BCUT2D eigenvalue weighted by Gasteiger charge is 2.26. The summed E-state index contributed by atoms with van der Waals surface area (Å²) < 4.78 is 5.35. The highest BCUT2D eigenvalue weighted by Crippen LogP contribution is 2.28. The summed E-state index contributed by atoms with van der Waals surface area (Å²) in [5.74, 6) is -0.0808. The van der Waals surface area contributed by atoms with E-state index in [0.717, 1.165) is 48.6 Å². The molecule has 4 heteroatoms. The van der Waals surface area contributed by atoms with Crippen LogP contribution in [-0.2, 0) is 12.8 Å². The molecule has 1 aromatic heterocycles. The largest absolute Gasteiger partial charge is 0.464 e. The first-order chi connectivity index (χ1) is 13.3. The molecule has 1 N–H and O–H groups in total. The normalized spacial score (nSPS) is 17.9. The molecule has 1 fully saturated rings. The van der Waals surface area contributed by atoms with Crippen LogP contribution < -0.4 is 5.32 Å². The van der Waals surface area contributed by atoms with Crippen LogP contribution in [0.15, 0.2) is 53.1 Å². The van der Waals surface area contributed by atoms with Gasteiger partial charge in [-0.05, 0) is 73.2 Å². The number of fused-ring (bicyclic) bond motifs is 2. The second-order valence-electron chi connectivity index (χ2n) is 7.73. The Labute approximate surface area is 159 Å². The lowest BCUT2D eigenvalue weighted by molar-refractivity contribution is 0.102. The first kappa shape index (κ1) is 16.6. The summed E-state index contributed by atoms with van der Waals surface area (Å²) in [6.07, 6.45) is 7.92. The van der Waals surface area contributed by atoms with Crippen LogP contribution in [-0.4, -0.2) is 29.9 Å². The van der Waals surface area contributed by atoms with Gasteiger partial charge < -0.3 is 9.73 Å². The van der Waals surface area contributed by atoms with Gasteiger partial charge in [0, 0.05) is 35.8 Å². The van der Waals surface area contributed by atoms with Crippen LogP contribution in [0, 0.1) is 0 Å². The van der Waals surface area contributed by atoms with E-state index in [2.05, 4.69) is 22.3 Å². The van der Waals surface area contributed by atoms with Crippen molar-refractivity contribution in [2.24, 2.45) is 0 Å². The third-order valence-corrected chi connectivity index (χ3v) is 6.11. The number of rotatable bonds is 3. The molecular formula is C23H24N2O2. The van der Waals surface area contributed by atoms with Gasteiger partial charge in [-0.2, -0.15) is 0 Å². The van der Waals surface area contributed by atoms with E-state index in [4.69, 9.17) is 4.42 Å². The number of nitrogens with zero attached hydrogens (tertiary/aromatic N) is 1. The average Bonchev–Trinajstić information content (AvgIpc) is 3.01. The Morgan fingerprint density at radius 2 is 1.85 bits per heavy atom. The van der Waals surface area contributed by atoms with Crippen LogP contribution in [0.4, 0.5) is 5.69 Å². The monoisotopic (exact) mass is 360 g/mol. The molecule has 1 aliphatic heterocycles. The van der Waals surface area contributed by atoms with Gasteiger partial charge in [0.1, 0.15) is 5.58 Å². The first-order valence-electron chi connectivity index (χ1n) is 9.91. The lowest BCUT2D eigenvalue weighted by atomic mass is 9.91. The fraction of sp³-hybridized carbons (Fsp3) is 0.348. The van der Waals surface area contributed by atoms with E-state index >= 15 is 0 Å². The van der Waals surface area contributed by atoms with Crippen molar-refractivity contribution in [3.8, 4) is 0 Å². The SMILES string of the molecule is O=C(Nc1ccc2c(c1)CCN(C1CCC1)CC2)c1ccc2occc2c1. The summed E-state index contributed by atoms with van der Waals surface area (Å²) in [6, 6.07) is 14.6. The molecule has 2 aliphatic rings. The molecule has 1 saturated carbocycles. The number of carbonyl (C=O) groups is 1. The molecule has 4 nitrogen and oxygen atoms in total. The van der Waals surface area contributed by atoms with E-state index in [-0.39, 0.29) is 5.91 Å². The standard InChI is InChI=1S/C23H24N2O2/c26-23(19-5-7-22-18(14-19)10-13-27-22)24-20-6-4-16-8-11-25(21-2-1-3-21)12-9-17(16)15-20/h4-7,10,13-15,21H,1-3,8-9,11-12H2,(H,24,26). The number of furan rings is 1. The Morgan fingerprint density at radius 3 is 2.67 bits per heavy atom. The molecule has 5 rings (SSSR count). The Balaban J connectivity index is 1.31. The summed E-state index contributed by atoms with van der Waals surface area (Å²) in [4.78, 5) is 15.3. The molecule has 138 valence electrons. The number of benzene rings is 2. The molecule has 2 aromatic carbocycles. The Bertz CT molecular complexity index is 987. The van der Waals surface area contributed by atoms with Crippen molar-refractivity contribution in [2.75, 3.05) is 18.4 Å². The Kier molecular flexibility index (Phi) is 4.21. The molecule has 1 amide bonds. The molecule has 2 heterocycles. The number of carbonyl (C=O) groups excluding carboxylic acids is 1. The van der Waals surface area contributed by atoms with Crippen molar-refractivity contribution in [1.29, 1.82) is 0 Å². The molecule has 0 saturated heterocycles. The fourth-order valence-electron chi connectivity index (χ4n) is 4.25. The quantitative estimate of drug-likeness (QED) is 0.740. The third-order valence-electron chi connectivity index (χ3n) is 6.11. The van der Waals surface area contributed by atoms with E-state index in [1.165, 1.54) is 30.4 Å². The van der Waals surface area contributed by atoms with Gasteiger partial charge in [-0.15, -0.1) is 0 Å². The molecule has 0 atom stereocenters. The van der Waals surface area contributed by atoms with Crippen molar-refractivity contribution in [3.63, 3.8) is 0 Å². The van der Waals surface area contributed by atoms with Crippen molar-refractivity contribution in [1.82, 2.24) is 4.90 Å². The molecule has 0 radical (unpaired) electrons. The molecule has 27 heavy (non-hydrogen) atoms. The van der Waals surface area contributed by atoms with Gasteiger partial charge in [-0.25, -0.2) is 0 Å². The predicted molar refractivity (Wildman–Crippen MR) is 107 cm³/mol. The molecular weight excluding hydrogens is 336 g/mol. The minimum Gasteiger partial charge on any atom is -0.464 e. The summed E-state index contributed by atoms with van der Waals surface area (Å²) in [5, 5.41) is 4.00. The smallest absolute Gasteiger partial charge is 0.255 e.